The molecule has 25 heavy (non-hydrogen) atoms. The van der Waals surface area contributed by atoms with E-state index in [1.54, 1.807) is 19.5 Å². The van der Waals surface area contributed by atoms with Gasteiger partial charge in [0.05, 0.1) is 12.6 Å². The van der Waals surface area contributed by atoms with Gasteiger partial charge in [0, 0.05) is 29.0 Å². The van der Waals surface area contributed by atoms with Crippen LogP contribution in [0, 0.1) is 0 Å². The molecule has 0 radical (unpaired) electrons. The van der Waals surface area contributed by atoms with Crippen LogP contribution < -0.4 is 10.1 Å². The van der Waals surface area contributed by atoms with Crippen LogP contribution >= 0.6 is 0 Å². The van der Waals surface area contributed by atoms with Crippen LogP contribution in [0.5, 0.6) is 5.75 Å². The second-order valence-electron chi connectivity index (χ2n) is 5.50. The maximum Gasteiger partial charge on any atom is 0.162 e. The third kappa shape index (κ3) is 3.12. The zero-order chi connectivity index (χ0) is 17.1. The minimum absolute atomic E-state index is 0.664. The molecule has 0 aliphatic heterocycles. The number of ether oxygens (including phenoxy) is 1. The lowest BCUT2D eigenvalue weighted by molar-refractivity contribution is 0.415. The summed E-state index contributed by atoms with van der Waals surface area (Å²) in [4.78, 5) is 13.5. The Morgan fingerprint density at radius 1 is 0.840 bits per heavy atom. The van der Waals surface area contributed by atoms with Crippen molar-refractivity contribution in [3.63, 3.8) is 0 Å². The van der Waals surface area contributed by atoms with E-state index in [0.29, 0.717) is 5.82 Å². The zero-order valence-electron chi connectivity index (χ0n) is 13.7. The van der Waals surface area contributed by atoms with Gasteiger partial charge in [-0.3, -0.25) is 4.98 Å². The first-order valence-electron chi connectivity index (χ1n) is 7.92. The number of pyridine rings is 1. The van der Waals surface area contributed by atoms with Crippen molar-refractivity contribution in [2.45, 2.75) is 0 Å². The number of aromatic nitrogens is 3. The number of hydrogen-bond acceptors (Lipinski definition) is 5. The van der Waals surface area contributed by atoms with Gasteiger partial charge >= 0.3 is 0 Å². The van der Waals surface area contributed by atoms with E-state index in [4.69, 9.17) is 9.72 Å². The van der Waals surface area contributed by atoms with Crippen molar-refractivity contribution in [3.8, 4) is 17.1 Å². The Kier molecular flexibility index (Phi) is 3.96. The summed E-state index contributed by atoms with van der Waals surface area (Å²) in [6.45, 7) is 0. The van der Waals surface area contributed by atoms with Crippen molar-refractivity contribution in [1.29, 1.82) is 0 Å². The summed E-state index contributed by atoms with van der Waals surface area (Å²) in [7, 11) is 1.65. The Morgan fingerprint density at radius 3 is 2.36 bits per heavy atom. The summed E-state index contributed by atoms with van der Waals surface area (Å²) in [5, 5.41) is 4.35. The van der Waals surface area contributed by atoms with Gasteiger partial charge in [0.1, 0.15) is 11.6 Å². The molecule has 0 amide bonds. The smallest absolute Gasteiger partial charge is 0.162 e. The highest BCUT2D eigenvalue weighted by Gasteiger charge is 2.09. The van der Waals surface area contributed by atoms with Crippen molar-refractivity contribution >= 4 is 22.4 Å². The predicted molar refractivity (Wildman–Crippen MR) is 99.0 cm³/mol. The maximum absolute atomic E-state index is 5.21. The van der Waals surface area contributed by atoms with Crippen molar-refractivity contribution < 1.29 is 4.74 Å². The van der Waals surface area contributed by atoms with Gasteiger partial charge in [-0.1, -0.05) is 12.1 Å². The number of hydrogen-bond donors (Lipinski definition) is 1. The summed E-state index contributed by atoms with van der Waals surface area (Å²) in [5.74, 6) is 2.25. The van der Waals surface area contributed by atoms with Gasteiger partial charge in [0.15, 0.2) is 5.82 Å². The number of para-hydroxylation sites is 1. The van der Waals surface area contributed by atoms with E-state index in [9.17, 15) is 0 Å². The molecule has 0 fully saturated rings. The van der Waals surface area contributed by atoms with Gasteiger partial charge in [-0.15, -0.1) is 0 Å². The van der Waals surface area contributed by atoms with Crippen LogP contribution in [-0.2, 0) is 0 Å². The van der Waals surface area contributed by atoms with Gasteiger partial charge in [-0.05, 0) is 48.5 Å². The highest BCUT2D eigenvalue weighted by atomic mass is 16.5. The second kappa shape index (κ2) is 6.57. The van der Waals surface area contributed by atoms with Crippen LogP contribution in [0.25, 0.3) is 22.3 Å². The van der Waals surface area contributed by atoms with Crippen LogP contribution in [0.1, 0.15) is 0 Å². The first-order valence-corrected chi connectivity index (χ1v) is 7.92. The third-order valence-electron chi connectivity index (χ3n) is 3.89. The molecule has 2 aromatic heterocycles. The Morgan fingerprint density at radius 2 is 1.60 bits per heavy atom. The van der Waals surface area contributed by atoms with Crippen molar-refractivity contribution in [1.82, 2.24) is 15.0 Å². The zero-order valence-corrected chi connectivity index (χ0v) is 13.7. The molecule has 0 saturated heterocycles. The lowest BCUT2D eigenvalue weighted by Crippen LogP contribution is -1.99. The molecule has 0 unspecified atom stereocenters. The van der Waals surface area contributed by atoms with Gasteiger partial charge in [0.2, 0.25) is 0 Å². The molecule has 1 N–H and O–H groups in total. The fourth-order valence-corrected chi connectivity index (χ4v) is 2.61. The summed E-state index contributed by atoms with van der Waals surface area (Å²) >= 11 is 0. The largest absolute Gasteiger partial charge is 0.497 e. The Labute approximate surface area is 145 Å². The molecule has 0 aliphatic carbocycles. The molecule has 4 aromatic rings. The first kappa shape index (κ1) is 15.1. The number of nitrogens with zero attached hydrogens (tertiary/aromatic N) is 3. The Balaban J connectivity index is 1.80. The van der Waals surface area contributed by atoms with Crippen LogP contribution in [0.15, 0.2) is 73.1 Å². The predicted octanol–water partition coefficient (Wildman–Crippen LogP) is 4.44. The van der Waals surface area contributed by atoms with Crippen molar-refractivity contribution in [2.75, 3.05) is 12.4 Å². The molecule has 0 saturated carbocycles. The Bertz CT molecular complexity index is 1000. The minimum Gasteiger partial charge on any atom is -0.497 e. The summed E-state index contributed by atoms with van der Waals surface area (Å²) in [6, 6.07) is 19.5. The SMILES string of the molecule is COc1ccc(Nc2nc(-c3ccncc3)nc3ccccc23)cc1. The number of methoxy groups -OCH3 is 1. The minimum atomic E-state index is 0.664. The number of rotatable bonds is 4. The lowest BCUT2D eigenvalue weighted by atomic mass is 10.2. The topological polar surface area (TPSA) is 59.9 Å². The Hall–Kier alpha value is -3.47. The molecule has 122 valence electrons. The molecule has 2 aromatic carbocycles. The normalized spacial score (nSPS) is 10.6. The molecular formula is C20H16N4O. The van der Waals surface area contributed by atoms with Crippen molar-refractivity contribution in [2.24, 2.45) is 0 Å². The molecule has 2 heterocycles. The standard InChI is InChI=1S/C20H16N4O/c1-25-16-8-6-15(7-9-16)22-20-17-4-2-3-5-18(17)23-19(24-20)14-10-12-21-13-11-14/h2-13H,1H3,(H,22,23,24). The molecule has 0 aliphatic rings. The van der Waals surface area contributed by atoms with E-state index in [1.807, 2.05) is 60.7 Å². The quantitative estimate of drug-likeness (QED) is 0.600. The van der Waals surface area contributed by atoms with E-state index >= 15 is 0 Å². The molecular weight excluding hydrogens is 312 g/mol. The van der Waals surface area contributed by atoms with Crippen LogP contribution in [0.4, 0.5) is 11.5 Å². The third-order valence-corrected chi connectivity index (χ3v) is 3.89. The highest BCUT2D eigenvalue weighted by Crippen LogP contribution is 2.27. The molecule has 0 atom stereocenters. The lowest BCUT2D eigenvalue weighted by Gasteiger charge is -2.11. The second-order valence-corrected chi connectivity index (χ2v) is 5.50. The number of fused-ring (bicyclic) bond motifs is 1. The molecule has 0 bridgehead atoms. The van der Waals surface area contributed by atoms with Gasteiger partial charge < -0.3 is 10.1 Å². The first-order chi connectivity index (χ1) is 12.3. The average Bonchev–Trinajstić information content (AvgIpc) is 2.69. The fraction of sp³-hybridized carbons (Fsp3) is 0.0500. The van der Waals surface area contributed by atoms with Crippen LogP contribution in [0.3, 0.4) is 0 Å². The van der Waals surface area contributed by atoms with E-state index < -0.39 is 0 Å². The van der Waals surface area contributed by atoms with E-state index in [1.165, 1.54) is 0 Å². The molecule has 4 rings (SSSR count). The number of benzene rings is 2. The van der Waals surface area contributed by atoms with Gasteiger partial charge in [0.25, 0.3) is 0 Å². The van der Waals surface area contributed by atoms with Crippen molar-refractivity contribution in [3.05, 3.63) is 73.1 Å². The monoisotopic (exact) mass is 328 g/mol. The van der Waals surface area contributed by atoms with Gasteiger partial charge in [-0.25, -0.2) is 9.97 Å². The van der Waals surface area contributed by atoms with E-state index in [0.717, 1.165) is 33.7 Å². The fourth-order valence-electron chi connectivity index (χ4n) is 2.61. The number of anilines is 2. The molecule has 0 spiro atoms. The highest BCUT2D eigenvalue weighted by molar-refractivity contribution is 5.92. The van der Waals surface area contributed by atoms with E-state index in [-0.39, 0.29) is 0 Å². The molecule has 5 nitrogen and oxygen atoms in total. The average molecular weight is 328 g/mol. The van der Waals surface area contributed by atoms with Crippen LogP contribution in [0.2, 0.25) is 0 Å². The van der Waals surface area contributed by atoms with E-state index in [2.05, 4.69) is 15.3 Å². The van der Waals surface area contributed by atoms with Gasteiger partial charge in [-0.2, -0.15) is 0 Å². The summed E-state index contributed by atoms with van der Waals surface area (Å²) in [6.07, 6.45) is 3.48. The summed E-state index contributed by atoms with van der Waals surface area (Å²) in [5.41, 5.74) is 2.75. The maximum atomic E-state index is 5.21. The molecule has 5 heteroatoms. The number of nitrogens with one attached hydrogen (secondary N) is 1. The summed E-state index contributed by atoms with van der Waals surface area (Å²) < 4.78 is 5.21. The van der Waals surface area contributed by atoms with Crippen LogP contribution in [-0.4, -0.2) is 22.1 Å².